The van der Waals surface area contributed by atoms with E-state index in [-0.39, 0.29) is 17.7 Å². The van der Waals surface area contributed by atoms with Gasteiger partial charge in [0.1, 0.15) is 5.75 Å². The highest BCUT2D eigenvalue weighted by atomic mass is 19.4. The van der Waals surface area contributed by atoms with Crippen molar-refractivity contribution in [2.75, 3.05) is 6.61 Å². The summed E-state index contributed by atoms with van der Waals surface area (Å²) in [5.74, 6) is -0.232. The molecule has 0 spiro atoms. The van der Waals surface area contributed by atoms with Gasteiger partial charge in [-0.05, 0) is 26.3 Å². The lowest BCUT2D eigenvalue weighted by Crippen LogP contribution is -2.51. The Morgan fingerprint density at radius 1 is 1.35 bits per heavy atom. The maximum Gasteiger partial charge on any atom is 0.410 e. The van der Waals surface area contributed by atoms with Crippen molar-refractivity contribution >= 4 is 5.91 Å². The summed E-state index contributed by atoms with van der Waals surface area (Å²) in [5.41, 5.74) is 1.41. The van der Waals surface area contributed by atoms with Crippen molar-refractivity contribution in [3.05, 3.63) is 29.8 Å². The number of alkyl halides is 3. The average Bonchev–Trinajstić information content (AvgIpc) is 2.69. The van der Waals surface area contributed by atoms with Gasteiger partial charge in [0, 0.05) is 17.5 Å². The van der Waals surface area contributed by atoms with Crippen molar-refractivity contribution < 1.29 is 22.7 Å². The van der Waals surface area contributed by atoms with Gasteiger partial charge in [-0.25, -0.2) is 0 Å². The van der Waals surface area contributed by atoms with E-state index in [9.17, 15) is 18.0 Å². The highest BCUT2D eigenvalue weighted by molar-refractivity contribution is 5.79. The second-order valence-electron chi connectivity index (χ2n) is 6.22. The molecule has 1 aliphatic heterocycles. The van der Waals surface area contributed by atoms with E-state index in [1.54, 1.807) is 19.9 Å². The van der Waals surface area contributed by atoms with Crippen molar-refractivity contribution in [1.82, 2.24) is 10.4 Å². The van der Waals surface area contributed by atoms with Crippen LogP contribution >= 0.6 is 0 Å². The third-order valence-electron chi connectivity index (χ3n) is 3.73. The van der Waals surface area contributed by atoms with E-state index in [0.717, 1.165) is 5.01 Å². The van der Waals surface area contributed by atoms with E-state index in [4.69, 9.17) is 4.74 Å². The zero-order valence-electron chi connectivity index (χ0n) is 13.4. The predicted molar refractivity (Wildman–Crippen MR) is 79.7 cm³/mol. The number of hydrogen-bond donors (Lipinski definition) is 1. The summed E-state index contributed by atoms with van der Waals surface area (Å²) >= 11 is 0. The van der Waals surface area contributed by atoms with E-state index in [0.29, 0.717) is 13.0 Å². The van der Waals surface area contributed by atoms with Gasteiger partial charge in [0.25, 0.3) is 0 Å². The molecule has 1 heterocycles. The lowest BCUT2D eigenvalue weighted by molar-refractivity contribution is -0.204. The number of hydrogen-bond acceptors (Lipinski definition) is 3. The van der Waals surface area contributed by atoms with Gasteiger partial charge in [0.2, 0.25) is 5.91 Å². The van der Waals surface area contributed by atoms with Crippen LogP contribution in [0.1, 0.15) is 45.2 Å². The number of hydrazine groups is 1. The Labute approximate surface area is 133 Å². The van der Waals surface area contributed by atoms with Crippen LogP contribution in [0.4, 0.5) is 13.2 Å². The number of rotatable bonds is 5. The monoisotopic (exact) mass is 330 g/mol. The summed E-state index contributed by atoms with van der Waals surface area (Å²) in [6, 6.07) is 4.13. The second-order valence-corrected chi connectivity index (χ2v) is 6.22. The summed E-state index contributed by atoms with van der Waals surface area (Å²) < 4.78 is 46.8. The number of para-hydroxylation sites is 1. The Bertz CT molecular complexity index is 573. The minimum atomic E-state index is -4.55. The largest absolute Gasteiger partial charge is 0.493 e. The van der Waals surface area contributed by atoms with E-state index >= 15 is 0 Å². The maximum absolute atomic E-state index is 13.8. The molecule has 1 aromatic carbocycles. The molecule has 128 valence electrons. The molecule has 0 bridgehead atoms. The number of carbonyl (C=O) groups excluding carboxylic acids is 1. The van der Waals surface area contributed by atoms with Crippen LogP contribution in [-0.4, -0.2) is 29.2 Å². The van der Waals surface area contributed by atoms with Gasteiger partial charge >= 0.3 is 6.18 Å². The molecule has 7 heteroatoms. The molecule has 0 aromatic heterocycles. The van der Waals surface area contributed by atoms with Gasteiger partial charge < -0.3 is 4.74 Å². The lowest BCUT2D eigenvalue weighted by atomic mass is 9.96. The minimum absolute atomic E-state index is 0.00345. The summed E-state index contributed by atoms with van der Waals surface area (Å²) in [5, 5.41) is 0.990. The number of halogens is 3. The first-order valence-electron chi connectivity index (χ1n) is 7.54. The van der Waals surface area contributed by atoms with Crippen LogP contribution in [0, 0.1) is 0 Å². The first kappa shape index (κ1) is 17.6. The molecule has 1 N–H and O–H groups in total. The zero-order chi connectivity index (χ0) is 17.3. The number of nitrogens with one attached hydrogen (secondary N) is 1. The summed E-state index contributed by atoms with van der Waals surface area (Å²) in [6.07, 6.45) is -3.85. The lowest BCUT2D eigenvalue weighted by Gasteiger charge is -2.38. The van der Waals surface area contributed by atoms with E-state index in [1.807, 2.05) is 6.92 Å². The molecule has 1 aliphatic rings. The number of ether oxygens (including phenoxy) is 1. The first-order chi connectivity index (χ1) is 10.7. The Morgan fingerprint density at radius 3 is 2.52 bits per heavy atom. The zero-order valence-corrected chi connectivity index (χ0v) is 13.4. The molecule has 1 saturated heterocycles. The molecule has 1 aromatic rings. The van der Waals surface area contributed by atoms with Gasteiger partial charge in [0.15, 0.2) is 6.04 Å². The van der Waals surface area contributed by atoms with Crippen molar-refractivity contribution in [3.8, 4) is 5.75 Å². The molecule has 0 unspecified atom stereocenters. The van der Waals surface area contributed by atoms with Crippen LogP contribution in [0.2, 0.25) is 0 Å². The minimum Gasteiger partial charge on any atom is -0.493 e. The van der Waals surface area contributed by atoms with E-state index in [1.165, 1.54) is 18.2 Å². The Morgan fingerprint density at radius 2 is 2.00 bits per heavy atom. The topological polar surface area (TPSA) is 41.6 Å². The number of amides is 1. The first-order valence-corrected chi connectivity index (χ1v) is 7.54. The fourth-order valence-electron chi connectivity index (χ4n) is 2.73. The van der Waals surface area contributed by atoms with Crippen molar-refractivity contribution in [1.29, 1.82) is 0 Å². The predicted octanol–water partition coefficient (Wildman–Crippen LogP) is 3.59. The third-order valence-corrected chi connectivity index (χ3v) is 3.73. The van der Waals surface area contributed by atoms with Crippen molar-refractivity contribution in [3.63, 3.8) is 0 Å². The van der Waals surface area contributed by atoms with Gasteiger partial charge in [0.05, 0.1) is 6.61 Å². The fourth-order valence-corrected chi connectivity index (χ4v) is 2.73. The normalized spacial score (nSPS) is 19.5. The average molecular weight is 330 g/mol. The van der Waals surface area contributed by atoms with Crippen molar-refractivity contribution in [2.24, 2.45) is 0 Å². The Balaban J connectivity index is 2.47. The molecule has 1 amide bonds. The van der Waals surface area contributed by atoms with Gasteiger partial charge in [-0.3, -0.25) is 10.2 Å². The fraction of sp³-hybridized carbons (Fsp3) is 0.562. The van der Waals surface area contributed by atoms with Gasteiger partial charge in [-0.1, -0.05) is 25.1 Å². The molecule has 4 nitrogen and oxygen atoms in total. The summed E-state index contributed by atoms with van der Waals surface area (Å²) in [7, 11) is 0. The van der Waals surface area contributed by atoms with Crippen LogP contribution in [-0.2, 0) is 4.79 Å². The highest BCUT2D eigenvalue weighted by Gasteiger charge is 2.53. The van der Waals surface area contributed by atoms with Crippen LogP contribution in [0.25, 0.3) is 0 Å². The molecular weight excluding hydrogens is 309 g/mol. The SMILES string of the molecule is CCCOc1ccccc1[C@H](N1NC(=O)CC1(C)C)C(F)(F)F. The molecule has 0 radical (unpaired) electrons. The maximum atomic E-state index is 13.8. The van der Waals surface area contributed by atoms with Crippen LogP contribution < -0.4 is 10.2 Å². The Hall–Kier alpha value is -1.76. The highest BCUT2D eigenvalue weighted by Crippen LogP contribution is 2.45. The number of nitrogens with zero attached hydrogens (tertiary/aromatic N) is 1. The number of carbonyl (C=O) groups is 1. The van der Waals surface area contributed by atoms with Crippen LogP contribution in [0.15, 0.2) is 24.3 Å². The quantitative estimate of drug-likeness (QED) is 0.897. The van der Waals surface area contributed by atoms with Gasteiger partial charge in [-0.15, -0.1) is 0 Å². The standard InChI is InChI=1S/C16H21F3N2O2/c1-4-9-23-12-8-6-5-7-11(12)14(16(17,18)19)21-15(2,3)10-13(22)20-21/h5-8,14H,4,9-10H2,1-3H3,(H,20,22)/t14-/m0/s1. The van der Waals surface area contributed by atoms with Gasteiger partial charge in [-0.2, -0.15) is 18.2 Å². The molecular formula is C16H21F3N2O2. The summed E-state index contributed by atoms with van der Waals surface area (Å²) in [6.45, 7) is 5.43. The van der Waals surface area contributed by atoms with E-state index in [2.05, 4.69) is 5.43 Å². The smallest absolute Gasteiger partial charge is 0.410 e. The van der Waals surface area contributed by atoms with Crippen LogP contribution in [0.3, 0.4) is 0 Å². The molecule has 0 aliphatic carbocycles. The second kappa shape index (κ2) is 6.39. The summed E-state index contributed by atoms with van der Waals surface area (Å²) in [4.78, 5) is 11.6. The molecule has 0 saturated carbocycles. The number of benzene rings is 1. The van der Waals surface area contributed by atoms with Crippen LogP contribution in [0.5, 0.6) is 5.75 Å². The van der Waals surface area contributed by atoms with E-state index < -0.39 is 23.7 Å². The molecule has 2 rings (SSSR count). The third kappa shape index (κ3) is 3.77. The molecule has 23 heavy (non-hydrogen) atoms. The Kier molecular flexibility index (Phi) is 4.89. The van der Waals surface area contributed by atoms with Crippen molar-refractivity contribution in [2.45, 2.75) is 51.4 Å². The molecule has 1 atom stereocenters. The molecule has 1 fully saturated rings.